The second-order valence-corrected chi connectivity index (χ2v) is 7.28. The highest BCUT2D eigenvalue weighted by Crippen LogP contribution is 2.29. The average molecular weight is 414 g/mol. The Labute approximate surface area is 178 Å². The second kappa shape index (κ2) is 10.2. The summed E-state index contributed by atoms with van der Waals surface area (Å²) in [6.45, 7) is 5.76. The summed E-state index contributed by atoms with van der Waals surface area (Å²) < 4.78 is 16.1. The molecule has 0 unspecified atom stereocenters. The van der Waals surface area contributed by atoms with Gasteiger partial charge in [0.2, 0.25) is 5.91 Å². The van der Waals surface area contributed by atoms with Gasteiger partial charge in [0.15, 0.2) is 11.5 Å². The standard InChI is InChI=1S/C23H31N3O4/c1-17(23(27)24-16-18-9-10-21(29-3)22(15-18)30-4)25-11-13-26(14-12-25)19-7-5-6-8-20(19)28-2/h5-10,15,17H,11-14,16H2,1-4H3,(H,24,27)/t17-/m1/s1. The first-order valence-electron chi connectivity index (χ1n) is 10.2. The van der Waals surface area contributed by atoms with Gasteiger partial charge in [0.1, 0.15) is 5.75 Å². The van der Waals surface area contributed by atoms with Crippen LogP contribution in [0.5, 0.6) is 17.2 Å². The monoisotopic (exact) mass is 413 g/mol. The number of benzene rings is 2. The van der Waals surface area contributed by atoms with Crippen LogP contribution in [-0.4, -0.2) is 64.4 Å². The Kier molecular flexibility index (Phi) is 7.41. The van der Waals surface area contributed by atoms with Gasteiger partial charge in [0, 0.05) is 32.7 Å². The van der Waals surface area contributed by atoms with Gasteiger partial charge in [-0.25, -0.2) is 0 Å². The van der Waals surface area contributed by atoms with Crippen molar-refractivity contribution in [3.05, 3.63) is 48.0 Å². The maximum atomic E-state index is 12.7. The normalized spacial score (nSPS) is 15.4. The fraction of sp³-hybridized carbons (Fsp3) is 0.435. The quantitative estimate of drug-likeness (QED) is 0.718. The lowest BCUT2D eigenvalue weighted by molar-refractivity contribution is -0.126. The van der Waals surface area contributed by atoms with Gasteiger partial charge in [0.25, 0.3) is 0 Å². The molecule has 1 aliphatic heterocycles. The molecule has 1 saturated heterocycles. The zero-order valence-electron chi connectivity index (χ0n) is 18.2. The average Bonchev–Trinajstić information content (AvgIpc) is 2.81. The van der Waals surface area contributed by atoms with Crippen LogP contribution in [0.3, 0.4) is 0 Å². The topological polar surface area (TPSA) is 63.3 Å². The molecule has 0 spiro atoms. The van der Waals surface area contributed by atoms with Gasteiger partial charge in [0.05, 0.1) is 33.1 Å². The molecule has 1 atom stereocenters. The molecule has 0 bridgehead atoms. The van der Waals surface area contributed by atoms with Crippen LogP contribution in [0.2, 0.25) is 0 Å². The molecular formula is C23H31N3O4. The first-order chi connectivity index (χ1) is 14.6. The van der Waals surface area contributed by atoms with E-state index in [9.17, 15) is 4.79 Å². The van der Waals surface area contributed by atoms with Crippen molar-refractivity contribution >= 4 is 11.6 Å². The molecule has 7 nitrogen and oxygen atoms in total. The van der Waals surface area contributed by atoms with E-state index < -0.39 is 0 Å². The van der Waals surface area contributed by atoms with E-state index >= 15 is 0 Å². The Hall–Kier alpha value is -2.93. The minimum absolute atomic E-state index is 0.0236. The zero-order valence-corrected chi connectivity index (χ0v) is 18.2. The number of anilines is 1. The van der Waals surface area contributed by atoms with Crippen LogP contribution < -0.4 is 24.4 Å². The van der Waals surface area contributed by atoms with E-state index in [1.54, 1.807) is 21.3 Å². The van der Waals surface area contributed by atoms with Crippen LogP contribution in [0.25, 0.3) is 0 Å². The largest absolute Gasteiger partial charge is 0.495 e. The molecular weight excluding hydrogens is 382 g/mol. The zero-order chi connectivity index (χ0) is 21.5. The molecule has 0 aliphatic carbocycles. The van der Waals surface area contributed by atoms with Crippen molar-refractivity contribution in [3.63, 3.8) is 0 Å². The maximum Gasteiger partial charge on any atom is 0.237 e. The highest BCUT2D eigenvalue weighted by atomic mass is 16.5. The van der Waals surface area contributed by atoms with Crippen molar-refractivity contribution in [2.45, 2.75) is 19.5 Å². The number of hydrogen-bond acceptors (Lipinski definition) is 6. The van der Waals surface area contributed by atoms with Gasteiger partial charge < -0.3 is 24.4 Å². The van der Waals surface area contributed by atoms with Gasteiger partial charge in [-0.2, -0.15) is 0 Å². The molecule has 7 heteroatoms. The van der Waals surface area contributed by atoms with E-state index in [-0.39, 0.29) is 11.9 Å². The lowest BCUT2D eigenvalue weighted by atomic mass is 10.1. The molecule has 1 N–H and O–H groups in total. The number of para-hydroxylation sites is 2. The third kappa shape index (κ3) is 4.97. The Morgan fingerprint density at radius 3 is 2.27 bits per heavy atom. The van der Waals surface area contributed by atoms with E-state index in [1.165, 1.54) is 0 Å². The lowest BCUT2D eigenvalue weighted by Crippen LogP contribution is -2.53. The van der Waals surface area contributed by atoms with Crippen molar-refractivity contribution in [2.75, 3.05) is 52.4 Å². The SMILES string of the molecule is COc1ccc(CNC(=O)[C@@H](C)N2CCN(c3ccccc3OC)CC2)cc1OC. The predicted molar refractivity (Wildman–Crippen MR) is 118 cm³/mol. The molecule has 1 heterocycles. The number of nitrogens with one attached hydrogen (secondary N) is 1. The Balaban J connectivity index is 1.52. The molecule has 1 amide bonds. The molecule has 1 aliphatic rings. The fourth-order valence-electron chi connectivity index (χ4n) is 3.73. The van der Waals surface area contributed by atoms with Gasteiger partial charge in [-0.05, 0) is 36.8 Å². The van der Waals surface area contributed by atoms with E-state index in [0.717, 1.165) is 43.2 Å². The number of carbonyl (C=O) groups is 1. The number of carbonyl (C=O) groups excluding carboxylic acids is 1. The van der Waals surface area contributed by atoms with Gasteiger partial charge in [-0.3, -0.25) is 9.69 Å². The van der Waals surface area contributed by atoms with E-state index in [1.807, 2.05) is 43.3 Å². The molecule has 162 valence electrons. The van der Waals surface area contributed by atoms with E-state index in [2.05, 4.69) is 21.2 Å². The number of rotatable bonds is 8. The number of nitrogens with zero attached hydrogens (tertiary/aromatic N) is 2. The van der Waals surface area contributed by atoms with E-state index in [0.29, 0.717) is 18.0 Å². The first kappa shape index (κ1) is 21.8. The number of methoxy groups -OCH3 is 3. The molecule has 2 aromatic rings. The minimum atomic E-state index is -0.190. The Morgan fingerprint density at radius 1 is 0.933 bits per heavy atom. The Bertz CT molecular complexity index is 850. The fourth-order valence-corrected chi connectivity index (χ4v) is 3.73. The highest BCUT2D eigenvalue weighted by molar-refractivity contribution is 5.81. The number of hydrogen-bond donors (Lipinski definition) is 1. The Morgan fingerprint density at radius 2 is 1.60 bits per heavy atom. The van der Waals surface area contributed by atoms with Crippen molar-refractivity contribution in [3.8, 4) is 17.2 Å². The number of piperazine rings is 1. The minimum Gasteiger partial charge on any atom is -0.495 e. The molecule has 30 heavy (non-hydrogen) atoms. The third-order valence-corrected chi connectivity index (χ3v) is 5.58. The highest BCUT2D eigenvalue weighted by Gasteiger charge is 2.26. The van der Waals surface area contributed by atoms with Crippen molar-refractivity contribution < 1.29 is 19.0 Å². The summed E-state index contributed by atoms with van der Waals surface area (Å²) in [5.41, 5.74) is 2.07. The van der Waals surface area contributed by atoms with Crippen LogP contribution in [0.1, 0.15) is 12.5 Å². The summed E-state index contributed by atoms with van der Waals surface area (Å²) in [6, 6.07) is 13.5. The molecule has 0 radical (unpaired) electrons. The molecule has 0 saturated carbocycles. The van der Waals surface area contributed by atoms with Crippen LogP contribution >= 0.6 is 0 Å². The van der Waals surface area contributed by atoms with Crippen molar-refractivity contribution in [2.24, 2.45) is 0 Å². The third-order valence-electron chi connectivity index (χ3n) is 5.58. The van der Waals surface area contributed by atoms with Crippen LogP contribution in [-0.2, 0) is 11.3 Å². The van der Waals surface area contributed by atoms with Gasteiger partial charge in [-0.15, -0.1) is 0 Å². The lowest BCUT2D eigenvalue weighted by Gasteiger charge is -2.38. The summed E-state index contributed by atoms with van der Waals surface area (Å²) in [5.74, 6) is 2.24. The predicted octanol–water partition coefficient (Wildman–Crippen LogP) is 2.54. The van der Waals surface area contributed by atoms with Crippen LogP contribution in [0.4, 0.5) is 5.69 Å². The van der Waals surface area contributed by atoms with Crippen LogP contribution in [0.15, 0.2) is 42.5 Å². The molecule has 0 aromatic heterocycles. The second-order valence-electron chi connectivity index (χ2n) is 7.28. The maximum absolute atomic E-state index is 12.7. The van der Waals surface area contributed by atoms with Crippen molar-refractivity contribution in [1.82, 2.24) is 10.2 Å². The van der Waals surface area contributed by atoms with Gasteiger partial charge in [-0.1, -0.05) is 18.2 Å². The van der Waals surface area contributed by atoms with Crippen LogP contribution in [0, 0.1) is 0 Å². The molecule has 3 rings (SSSR count). The number of amides is 1. The summed E-state index contributed by atoms with van der Waals surface area (Å²) in [7, 11) is 4.90. The number of ether oxygens (including phenoxy) is 3. The summed E-state index contributed by atoms with van der Waals surface area (Å²) >= 11 is 0. The first-order valence-corrected chi connectivity index (χ1v) is 10.2. The van der Waals surface area contributed by atoms with Gasteiger partial charge >= 0.3 is 0 Å². The summed E-state index contributed by atoms with van der Waals surface area (Å²) in [4.78, 5) is 17.2. The molecule has 2 aromatic carbocycles. The van der Waals surface area contributed by atoms with Crippen molar-refractivity contribution in [1.29, 1.82) is 0 Å². The summed E-state index contributed by atoms with van der Waals surface area (Å²) in [5, 5.41) is 3.04. The summed E-state index contributed by atoms with van der Waals surface area (Å²) in [6.07, 6.45) is 0. The van der Waals surface area contributed by atoms with E-state index in [4.69, 9.17) is 14.2 Å². The smallest absolute Gasteiger partial charge is 0.237 e. The molecule has 1 fully saturated rings.